The molecule has 1 unspecified atom stereocenters. The van der Waals surface area contributed by atoms with Crippen molar-refractivity contribution in [2.75, 3.05) is 0 Å². The first-order valence-electron chi connectivity index (χ1n) is 5.41. The van der Waals surface area contributed by atoms with E-state index >= 15 is 0 Å². The number of carbonyl (C=O) groups excluding carboxylic acids is 1. The number of amides is 1. The van der Waals surface area contributed by atoms with Gasteiger partial charge in [0.05, 0.1) is 5.56 Å². The molecule has 0 saturated heterocycles. The van der Waals surface area contributed by atoms with E-state index in [1.54, 1.807) is 13.0 Å². The lowest BCUT2D eigenvalue weighted by Crippen LogP contribution is -2.33. The van der Waals surface area contributed by atoms with Crippen molar-refractivity contribution in [2.24, 2.45) is 0 Å². The van der Waals surface area contributed by atoms with Gasteiger partial charge in [-0.3, -0.25) is 9.59 Å². The van der Waals surface area contributed by atoms with E-state index in [1.807, 2.05) is 0 Å². The van der Waals surface area contributed by atoms with E-state index in [2.05, 4.69) is 21.2 Å². The number of aromatic hydroxyl groups is 1. The molecule has 1 rings (SSSR count). The van der Waals surface area contributed by atoms with Crippen molar-refractivity contribution in [1.82, 2.24) is 5.32 Å². The number of phenolic OH excluding ortho intramolecular Hbond substituents is 1. The molecule has 1 atom stereocenters. The smallest absolute Gasteiger partial charge is 0.303 e. The highest BCUT2D eigenvalue weighted by Gasteiger charge is 2.14. The summed E-state index contributed by atoms with van der Waals surface area (Å²) >= 11 is 3.21. The minimum absolute atomic E-state index is 0.00802. The normalized spacial score (nSPS) is 11.9. The van der Waals surface area contributed by atoms with Crippen molar-refractivity contribution >= 4 is 27.8 Å². The zero-order valence-electron chi connectivity index (χ0n) is 9.81. The van der Waals surface area contributed by atoms with Gasteiger partial charge >= 0.3 is 5.97 Å². The maximum Gasteiger partial charge on any atom is 0.303 e. The van der Waals surface area contributed by atoms with Crippen molar-refractivity contribution in [3.8, 4) is 5.75 Å². The van der Waals surface area contributed by atoms with E-state index in [1.165, 1.54) is 12.1 Å². The maximum absolute atomic E-state index is 11.8. The minimum Gasteiger partial charge on any atom is -0.507 e. The molecule has 0 aromatic heterocycles. The van der Waals surface area contributed by atoms with Gasteiger partial charge < -0.3 is 15.5 Å². The van der Waals surface area contributed by atoms with E-state index in [4.69, 9.17) is 5.11 Å². The molecule has 1 amide bonds. The van der Waals surface area contributed by atoms with Gasteiger partial charge in [-0.1, -0.05) is 15.9 Å². The quantitative estimate of drug-likeness (QED) is 0.777. The Morgan fingerprint density at radius 3 is 2.72 bits per heavy atom. The average molecular weight is 316 g/mol. The summed E-state index contributed by atoms with van der Waals surface area (Å²) in [5.41, 5.74) is 0.159. The predicted molar refractivity (Wildman–Crippen MR) is 69.6 cm³/mol. The first-order chi connectivity index (χ1) is 8.40. The van der Waals surface area contributed by atoms with Crippen LogP contribution in [-0.2, 0) is 4.79 Å². The first kappa shape index (κ1) is 14.5. The van der Waals surface area contributed by atoms with Crippen LogP contribution >= 0.6 is 15.9 Å². The molecule has 0 aliphatic carbocycles. The predicted octanol–water partition coefficient (Wildman–Crippen LogP) is 2.14. The van der Waals surface area contributed by atoms with Gasteiger partial charge in [0.2, 0.25) is 0 Å². The van der Waals surface area contributed by atoms with Crippen LogP contribution in [0, 0.1) is 0 Å². The van der Waals surface area contributed by atoms with Gasteiger partial charge in [0.1, 0.15) is 5.75 Å². The Bertz CT molecular complexity index is 461. The third kappa shape index (κ3) is 4.37. The molecule has 0 saturated carbocycles. The number of benzene rings is 1. The van der Waals surface area contributed by atoms with Crippen molar-refractivity contribution in [1.29, 1.82) is 0 Å². The molecule has 6 heteroatoms. The van der Waals surface area contributed by atoms with Crippen LogP contribution in [0.4, 0.5) is 0 Å². The summed E-state index contributed by atoms with van der Waals surface area (Å²) < 4.78 is 0.684. The van der Waals surface area contributed by atoms with Gasteiger partial charge in [-0.2, -0.15) is 0 Å². The monoisotopic (exact) mass is 315 g/mol. The number of hydrogen-bond acceptors (Lipinski definition) is 3. The molecule has 5 nitrogen and oxygen atoms in total. The molecule has 18 heavy (non-hydrogen) atoms. The van der Waals surface area contributed by atoms with Crippen LogP contribution in [0.2, 0.25) is 0 Å². The van der Waals surface area contributed by atoms with Crippen molar-refractivity contribution in [3.05, 3.63) is 28.2 Å². The number of rotatable bonds is 5. The van der Waals surface area contributed by atoms with Gasteiger partial charge in [-0.05, 0) is 31.5 Å². The van der Waals surface area contributed by atoms with E-state index in [-0.39, 0.29) is 23.8 Å². The van der Waals surface area contributed by atoms with Crippen LogP contribution in [0.15, 0.2) is 22.7 Å². The third-order valence-electron chi connectivity index (χ3n) is 2.37. The fourth-order valence-corrected chi connectivity index (χ4v) is 1.76. The zero-order chi connectivity index (χ0) is 13.7. The molecule has 0 spiro atoms. The second-order valence-corrected chi connectivity index (χ2v) is 4.88. The number of carbonyl (C=O) groups is 2. The summed E-state index contributed by atoms with van der Waals surface area (Å²) in [5.74, 6) is -1.44. The van der Waals surface area contributed by atoms with Crippen LogP contribution in [0.5, 0.6) is 5.75 Å². The average Bonchev–Trinajstić information content (AvgIpc) is 2.29. The molecule has 1 aromatic rings. The molecule has 3 N–H and O–H groups in total. The Morgan fingerprint density at radius 1 is 1.44 bits per heavy atom. The van der Waals surface area contributed by atoms with Crippen LogP contribution < -0.4 is 5.32 Å². The van der Waals surface area contributed by atoms with Crippen LogP contribution in [0.3, 0.4) is 0 Å². The summed E-state index contributed by atoms with van der Waals surface area (Å²) in [6.07, 6.45) is 0.335. The molecule has 0 aliphatic rings. The maximum atomic E-state index is 11.8. The van der Waals surface area contributed by atoms with Crippen molar-refractivity contribution in [2.45, 2.75) is 25.8 Å². The summed E-state index contributed by atoms with van der Waals surface area (Å²) in [6, 6.07) is 4.28. The Labute approximate surface area is 113 Å². The molecule has 98 valence electrons. The number of phenols is 1. The van der Waals surface area contributed by atoms with Crippen molar-refractivity contribution < 1.29 is 19.8 Å². The number of carboxylic acids is 1. The molecule has 0 bridgehead atoms. The van der Waals surface area contributed by atoms with Crippen LogP contribution in [-0.4, -0.2) is 28.1 Å². The number of aliphatic carboxylic acids is 1. The highest BCUT2D eigenvalue weighted by Crippen LogP contribution is 2.21. The number of nitrogens with one attached hydrogen (secondary N) is 1. The zero-order valence-corrected chi connectivity index (χ0v) is 11.4. The molecular formula is C12H14BrNO4. The first-order valence-corrected chi connectivity index (χ1v) is 6.20. The highest BCUT2D eigenvalue weighted by molar-refractivity contribution is 9.10. The topological polar surface area (TPSA) is 86.6 Å². The number of carboxylic acid groups (broad SMARTS) is 1. The van der Waals surface area contributed by atoms with Gasteiger partial charge in [-0.15, -0.1) is 0 Å². The summed E-state index contributed by atoms with van der Waals surface area (Å²) in [7, 11) is 0. The summed E-state index contributed by atoms with van der Waals surface area (Å²) in [4.78, 5) is 22.2. The van der Waals surface area contributed by atoms with Crippen molar-refractivity contribution in [3.63, 3.8) is 0 Å². The standard InChI is InChI=1S/C12H14BrNO4/c1-7(2-5-11(16)17)14-12(18)9-6-8(13)3-4-10(9)15/h3-4,6-7,15H,2,5H2,1H3,(H,14,18)(H,16,17). The summed E-state index contributed by atoms with van der Waals surface area (Å²) in [6.45, 7) is 1.72. The molecule has 0 heterocycles. The highest BCUT2D eigenvalue weighted by atomic mass is 79.9. The summed E-state index contributed by atoms with van der Waals surface area (Å²) in [5, 5.41) is 20.7. The molecular weight excluding hydrogens is 302 g/mol. The Balaban J connectivity index is 2.64. The van der Waals surface area contributed by atoms with E-state index in [9.17, 15) is 14.7 Å². The van der Waals surface area contributed by atoms with E-state index < -0.39 is 11.9 Å². The Hall–Kier alpha value is -1.56. The van der Waals surface area contributed by atoms with Gasteiger partial charge in [-0.25, -0.2) is 0 Å². The molecule has 0 radical (unpaired) electrons. The third-order valence-corrected chi connectivity index (χ3v) is 2.87. The van der Waals surface area contributed by atoms with Gasteiger partial charge in [0, 0.05) is 16.9 Å². The lowest BCUT2D eigenvalue weighted by Gasteiger charge is -2.13. The van der Waals surface area contributed by atoms with Gasteiger partial charge in [0.25, 0.3) is 5.91 Å². The Morgan fingerprint density at radius 2 is 2.11 bits per heavy atom. The lowest BCUT2D eigenvalue weighted by atomic mass is 10.1. The fraction of sp³-hybridized carbons (Fsp3) is 0.333. The Kier molecular flexibility index (Phi) is 5.15. The lowest BCUT2D eigenvalue weighted by molar-refractivity contribution is -0.137. The minimum atomic E-state index is -0.901. The van der Waals surface area contributed by atoms with E-state index in [0.717, 1.165) is 0 Å². The molecule has 1 aromatic carbocycles. The molecule has 0 aliphatic heterocycles. The van der Waals surface area contributed by atoms with Gasteiger partial charge in [0.15, 0.2) is 0 Å². The number of halogens is 1. The van der Waals surface area contributed by atoms with E-state index in [0.29, 0.717) is 10.9 Å². The SMILES string of the molecule is CC(CCC(=O)O)NC(=O)c1cc(Br)ccc1O. The van der Waals surface area contributed by atoms with Crippen LogP contribution in [0.1, 0.15) is 30.1 Å². The fourth-order valence-electron chi connectivity index (χ4n) is 1.40. The largest absolute Gasteiger partial charge is 0.507 e. The second-order valence-electron chi connectivity index (χ2n) is 3.97. The second kappa shape index (κ2) is 6.39. The molecule has 0 fully saturated rings. The number of hydrogen-bond donors (Lipinski definition) is 3. The van der Waals surface area contributed by atoms with Crippen LogP contribution in [0.25, 0.3) is 0 Å².